The van der Waals surface area contributed by atoms with E-state index in [0.717, 1.165) is 20.3 Å². The van der Waals surface area contributed by atoms with Crippen molar-refractivity contribution in [1.29, 1.82) is 0 Å². The van der Waals surface area contributed by atoms with E-state index in [9.17, 15) is 9.59 Å². The zero-order chi connectivity index (χ0) is 15.0. The van der Waals surface area contributed by atoms with E-state index in [2.05, 4.69) is 14.6 Å². The second kappa shape index (κ2) is 7.57. The Morgan fingerprint density at radius 1 is 1.15 bits per heavy atom. The molecular formula is C13H14N2O5. The first-order valence-corrected chi connectivity index (χ1v) is 5.52. The van der Waals surface area contributed by atoms with Crippen molar-refractivity contribution in [2.75, 3.05) is 14.2 Å². The smallest absolute Gasteiger partial charge is 0.377 e. The highest BCUT2D eigenvalue weighted by Crippen LogP contribution is 2.04. The zero-order valence-electron chi connectivity index (χ0n) is 11.0. The van der Waals surface area contributed by atoms with E-state index in [-0.39, 0.29) is 5.84 Å². The highest BCUT2D eigenvalue weighted by atomic mass is 16.7. The van der Waals surface area contributed by atoms with Gasteiger partial charge in [-0.1, -0.05) is 35.5 Å². The molecule has 1 aromatic rings. The Bertz CT molecular complexity index is 537. The van der Waals surface area contributed by atoms with Gasteiger partial charge in [0, 0.05) is 5.56 Å². The minimum absolute atomic E-state index is 0.0465. The van der Waals surface area contributed by atoms with Gasteiger partial charge in [-0.15, -0.1) is 0 Å². The lowest BCUT2D eigenvalue weighted by Gasteiger charge is -2.04. The summed E-state index contributed by atoms with van der Waals surface area (Å²) in [4.78, 5) is 27.3. The molecule has 7 nitrogen and oxygen atoms in total. The third-order valence-electron chi connectivity index (χ3n) is 2.15. The predicted octanol–water partition coefficient (Wildman–Crippen LogP) is 0.553. The maximum Gasteiger partial charge on any atom is 0.377 e. The molecule has 0 fully saturated rings. The molecule has 106 valence electrons. The summed E-state index contributed by atoms with van der Waals surface area (Å²) >= 11 is 0. The van der Waals surface area contributed by atoms with Gasteiger partial charge in [-0.2, -0.15) is 0 Å². The molecule has 0 saturated carbocycles. The molecule has 2 N–H and O–H groups in total. The zero-order valence-corrected chi connectivity index (χ0v) is 11.0. The van der Waals surface area contributed by atoms with Crippen LogP contribution in [0.3, 0.4) is 0 Å². The summed E-state index contributed by atoms with van der Waals surface area (Å²) < 4.78 is 8.83. The molecule has 0 radical (unpaired) electrons. The van der Waals surface area contributed by atoms with Gasteiger partial charge in [-0.05, 0) is 0 Å². The monoisotopic (exact) mass is 278 g/mol. The minimum Gasteiger partial charge on any atom is -0.466 e. The van der Waals surface area contributed by atoms with Crippen LogP contribution >= 0.6 is 0 Å². The molecule has 0 unspecified atom stereocenters. The van der Waals surface area contributed by atoms with Gasteiger partial charge >= 0.3 is 11.9 Å². The van der Waals surface area contributed by atoms with Crippen molar-refractivity contribution in [2.24, 2.45) is 10.9 Å². The summed E-state index contributed by atoms with van der Waals surface area (Å²) in [5.74, 6) is -2.04. The molecule has 0 aromatic heterocycles. The molecule has 0 atom stereocenters. The highest BCUT2D eigenvalue weighted by molar-refractivity contribution is 5.97. The third kappa shape index (κ3) is 4.45. The second-order valence-corrected chi connectivity index (χ2v) is 3.46. The van der Waals surface area contributed by atoms with Gasteiger partial charge in [0.2, 0.25) is 5.76 Å². The number of hydrogen-bond donors (Lipinski definition) is 1. The normalized spacial score (nSPS) is 11.7. The summed E-state index contributed by atoms with van der Waals surface area (Å²) in [7, 11) is 2.30. The van der Waals surface area contributed by atoms with Crippen molar-refractivity contribution >= 4 is 17.8 Å². The van der Waals surface area contributed by atoms with Gasteiger partial charge in [0.15, 0.2) is 5.84 Å². The molecule has 0 saturated heterocycles. The van der Waals surface area contributed by atoms with Crippen LogP contribution in [-0.2, 0) is 23.9 Å². The minimum atomic E-state index is -0.875. The standard InChI is InChI=1S/C13H14N2O5/c1-18-11(16)8-10(13(17)19-2)20-15-12(14)9-6-4-3-5-7-9/h3-8H,1-2H3,(H2,14,15)/b10-8+. The molecule has 0 heterocycles. The number of benzene rings is 1. The van der Waals surface area contributed by atoms with Crippen molar-refractivity contribution in [1.82, 2.24) is 0 Å². The molecule has 1 aromatic carbocycles. The molecule has 0 aliphatic heterocycles. The van der Waals surface area contributed by atoms with Crippen molar-refractivity contribution < 1.29 is 23.9 Å². The topological polar surface area (TPSA) is 100 Å². The van der Waals surface area contributed by atoms with Crippen LogP contribution in [0.5, 0.6) is 0 Å². The number of rotatable bonds is 5. The van der Waals surface area contributed by atoms with E-state index in [1.54, 1.807) is 24.3 Å². The maximum absolute atomic E-state index is 11.4. The first-order chi connectivity index (χ1) is 9.58. The van der Waals surface area contributed by atoms with Crippen LogP contribution in [0.2, 0.25) is 0 Å². The fourth-order valence-electron chi connectivity index (χ4n) is 1.15. The molecule has 0 amide bonds. The number of carbonyl (C=O) groups is 2. The number of methoxy groups -OCH3 is 2. The van der Waals surface area contributed by atoms with Crippen molar-refractivity contribution in [3.05, 3.63) is 47.7 Å². The van der Waals surface area contributed by atoms with Crippen LogP contribution < -0.4 is 5.73 Å². The number of ether oxygens (including phenoxy) is 2. The lowest BCUT2D eigenvalue weighted by Crippen LogP contribution is -2.15. The summed E-state index contributed by atoms with van der Waals surface area (Å²) in [6.07, 6.45) is 0.813. The van der Waals surface area contributed by atoms with Crippen LogP contribution in [-0.4, -0.2) is 32.0 Å². The summed E-state index contributed by atoms with van der Waals surface area (Å²) in [6.45, 7) is 0. The largest absolute Gasteiger partial charge is 0.466 e. The second-order valence-electron chi connectivity index (χ2n) is 3.46. The molecule has 0 bridgehead atoms. The van der Waals surface area contributed by atoms with Gasteiger partial charge in [0.1, 0.15) is 0 Å². The van der Waals surface area contributed by atoms with Crippen LogP contribution in [0.1, 0.15) is 5.56 Å². The summed E-state index contributed by atoms with van der Waals surface area (Å²) in [5.41, 5.74) is 6.28. The van der Waals surface area contributed by atoms with Crippen molar-refractivity contribution in [3.63, 3.8) is 0 Å². The summed E-state index contributed by atoms with van der Waals surface area (Å²) in [5, 5.41) is 3.57. The van der Waals surface area contributed by atoms with E-state index < -0.39 is 17.7 Å². The Kier molecular flexibility index (Phi) is 5.76. The number of hydrogen-bond acceptors (Lipinski definition) is 6. The van der Waals surface area contributed by atoms with Crippen LogP contribution in [0.25, 0.3) is 0 Å². The molecule has 0 aliphatic rings. The van der Waals surface area contributed by atoms with Crippen LogP contribution in [0, 0.1) is 0 Å². The van der Waals surface area contributed by atoms with Gasteiger partial charge < -0.3 is 20.0 Å². The van der Waals surface area contributed by atoms with Crippen LogP contribution in [0.15, 0.2) is 47.3 Å². The van der Waals surface area contributed by atoms with Crippen molar-refractivity contribution in [2.45, 2.75) is 0 Å². The summed E-state index contributed by atoms with van der Waals surface area (Å²) in [6, 6.07) is 8.77. The van der Waals surface area contributed by atoms with E-state index >= 15 is 0 Å². The first kappa shape index (κ1) is 15.2. The van der Waals surface area contributed by atoms with Gasteiger partial charge in [-0.25, -0.2) is 9.59 Å². The van der Waals surface area contributed by atoms with Gasteiger partial charge in [0.25, 0.3) is 0 Å². The SMILES string of the molecule is COC(=O)/C=C(/O/N=C(\N)c1ccccc1)C(=O)OC. The Hall–Kier alpha value is -2.83. The lowest BCUT2D eigenvalue weighted by molar-refractivity contribution is -0.142. The fraction of sp³-hybridized carbons (Fsp3) is 0.154. The quantitative estimate of drug-likeness (QED) is 0.211. The Balaban J connectivity index is 2.89. The number of nitrogens with two attached hydrogens (primary N) is 1. The number of carbonyl (C=O) groups excluding carboxylic acids is 2. The number of amidine groups is 1. The molecule has 20 heavy (non-hydrogen) atoms. The van der Waals surface area contributed by atoms with E-state index in [1.165, 1.54) is 0 Å². The Morgan fingerprint density at radius 2 is 1.80 bits per heavy atom. The number of esters is 2. The molecule has 1 rings (SSSR count). The average Bonchev–Trinajstić information content (AvgIpc) is 2.50. The predicted molar refractivity (Wildman–Crippen MR) is 70.4 cm³/mol. The average molecular weight is 278 g/mol. The van der Waals surface area contributed by atoms with Gasteiger partial charge in [-0.3, -0.25) is 0 Å². The van der Waals surface area contributed by atoms with Gasteiger partial charge in [0.05, 0.1) is 20.3 Å². The van der Waals surface area contributed by atoms with Crippen LogP contribution in [0.4, 0.5) is 0 Å². The van der Waals surface area contributed by atoms with E-state index in [4.69, 9.17) is 10.6 Å². The number of oxime groups is 1. The lowest BCUT2D eigenvalue weighted by atomic mass is 10.2. The molecular weight excluding hydrogens is 264 g/mol. The third-order valence-corrected chi connectivity index (χ3v) is 2.15. The molecule has 7 heteroatoms. The molecule has 0 aliphatic carbocycles. The Labute approximate surface area is 115 Å². The van der Waals surface area contributed by atoms with Crippen molar-refractivity contribution in [3.8, 4) is 0 Å². The number of nitrogens with zero attached hydrogens (tertiary/aromatic N) is 1. The van der Waals surface area contributed by atoms with E-state index in [0.29, 0.717) is 5.56 Å². The Morgan fingerprint density at radius 3 is 2.35 bits per heavy atom. The first-order valence-electron chi connectivity index (χ1n) is 5.52. The van der Waals surface area contributed by atoms with E-state index in [1.807, 2.05) is 6.07 Å². The highest BCUT2D eigenvalue weighted by Gasteiger charge is 2.15. The fourth-order valence-corrected chi connectivity index (χ4v) is 1.15. The molecule has 0 spiro atoms. The maximum atomic E-state index is 11.4.